The van der Waals surface area contributed by atoms with Crippen LogP contribution in [-0.2, 0) is 4.74 Å². The zero-order valence-corrected chi connectivity index (χ0v) is 10.2. The Morgan fingerprint density at radius 3 is 3.06 bits per heavy atom. The molecule has 5 nitrogen and oxygen atoms in total. The van der Waals surface area contributed by atoms with Gasteiger partial charge in [-0.3, -0.25) is 4.79 Å². The Kier molecular flexibility index (Phi) is 5.37. The molecule has 1 rings (SSSR count). The van der Waals surface area contributed by atoms with Crippen LogP contribution in [0.1, 0.15) is 21.8 Å². The number of ether oxygens (including phenoxy) is 1. The standard InChI is InChI=1S/C10H16N2O3S/c1-7-9(16-6-12-7)10(14)11-4-3-8(13)5-15-2/h6,8,13H,3-5H2,1-2H3,(H,11,14). The number of amides is 1. The molecule has 16 heavy (non-hydrogen) atoms. The molecule has 1 unspecified atom stereocenters. The van der Waals surface area contributed by atoms with E-state index in [0.717, 1.165) is 5.69 Å². The summed E-state index contributed by atoms with van der Waals surface area (Å²) in [6.07, 6.45) is -0.0508. The highest BCUT2D eigenvalue weighted by Crippen LogP contribution is 2.11. The lowest BCUT2D eigenvalue weighted by Gasteiger charge is -2.09. The van der Waals surface area contributed by atoms with Crippen LogP contribution in [0.5, 0.6) is 0 Å². The van der Waals surface area contributed by atoms with E-state index in [4.69, 9.17) is 4.74 Å². The fourth-order valence-electron chi connectivity index (χ4n) is 1.23. The van der Waals surface area contributed by atoms with Crippen molar-refractivity contribution in [2.45, 2.75) is 19.4 Å². The van der Waals surface area contributed by atoms with Crippen molar-refractivity contribution in [3.05, 3.63) is 16.1 Å². The van der Waals surface area contributed by atoms with Gasteiger partial charge in [0.15, 0.2) is 0 Å². The number of thiazole rings is 1. The van der Waals surface area contributed by atoms with Crippen LogP contribution < -0.4 is 5.32 Å². The van der Waals surface area contributed by atoms with Crippen LogP contribution in [0.4, 0.5) is 0 Å². The minimum atomic E-state index is -0.534. The smallest absolute Gasteiger partial charge is 0.263 e. The zero-order chi connectivity index (χ0) is 12.0. The molecule has 0 aliphatic carbocycles. The Morgan fingerprint density at radius 1 is 1.75 bits per heavy atom. The number of carbonyl (C=O) groups is 1. The second-order valence-corrected chi connectivity index (χ2v) is 4.28. The highest BCUT2D eigenvalue weighted by Gasteiger charge is 2.11. The van der Waals surface area contributed by atoms with Crippen molar-refractivity contribution in [3.8, 4) is 0 Å². The highest BCUT2D eigenvalue weighted by molar-refractivity contribution is 7.11. The molecule has 0 fully saturated rings. The number of hydrogen-bond acceptors (Lipinski definition) is 5. The number of methoxy groups -OCH3 is 1. The van der Waals surface area contributed by atoms with Gasteiger partial charge in [-0.1, -0.05) is 0 Å². The first-order valence-electron chi connectivity index (χ1n) is 5.00. The summed E-state index contributed by atoms with van der Waals surface area (Å²) in [7, 11) is 1.53. The van der Waals surface area contributed by atoms with E-state index >= 15 is 0 Å². The molecular formula is C10H16N2O3S. The first kappa shape index (κ1) is 13.1. The summed E-state index contributed by atoms with van der Waals surface area (Å²) < 4.78 is 4.78. The summed E-state index contributed by atoms with van der Waals surface area (Å²) in [4.78, 5) is 16.2. The van der Waals surface area contributed by atoms with Crippen LogP contribution >= 0.6 is 11.3 Å². The Morgan fingerprint density at radius 2 is 2.50 bits per heavy atom. The molecule has 90 valence electrons. The maximum Gasteiger partial charge on any atom is 0.263 e. The molecule has 1 atom stereocenters. The number of aromatic nitrogens is 1. The molecule has 0 aliphatic rings. The summed E-state index contributed by atoms with van der Waals surface area (Å²) in [5.41, 5.74) is 2.38. The number of hydrogen-bond donors (Lipinski definition) is 2. The van der Waals surface area contributed by atoms with Crippen LogP contribution in [0.2, 0.25) is 0 Å². The third-order valence-electron chi connectivity index (χ3n) is 2.07. The van der Waals surface area contributed by atoms with Crippen molar-refractivity contribution in [1.82, 2.24) is 10.3 Å². The summed E-state index contributed by atoms with van der Waals surface area (Å²) in [5.74, 6) is -0.135. The summed E-state index contributed by atoms with van der Waals surface area (Å²) in [5, 5.41) is 12.1. The SMILES string of the molecule is COCC(O)CCNC(=O)c1scnc1C. The number of aryl methyl sites for hydroxylation is 1. The zero-order valence-electron chi connectivity index (χ0n) is 9.40. The van der Waals surface area contributed by atoms with Crippen LogP contribution in [-0.4, -0.2) is 42.4 Å². The number of nitrogens with one attached hydrogen (secondary N) is 1. The van der Waals surface area contributed by atoms with Gasteiger partial charge in [-0.05, 0) is 13.3 Å². The quantitative estimate of drug-likeness (QED) is 0.768. The summed E-state index contributed by atoms with van der Waals surface area (Å²) in [6, 6.07) is 0. The Balaban J connectivity index is 2.29. The number of aliphatic hydroxyl groups is 1. The summed E-state index contributed by atoms with van der Waals surface area (Å²) >= 11 is 1.32. The second kappa shape index (κ2) is 6.57. The molecule has 0 bridgehead atoms. The average Bonchev–Trinajstić information content (AvgIpc) is 2.64. The number of nitrogens with zero attached hydrogens (tertiary/aromatic N) is 1. The van der Waals surface area contributed by atoms with Crippen molar-refractivity contribution in [2.24, 2.45) is 0 Å². The topological polar surface area (TPSA) is 71.5 Å². The van der Waals surface area contributed by atoms with Crippen molar-refractivity contribution in [2.75, 3.05) is 20.3 Å². The Hall–Kier alpha value is -0.980. The van der Waals surface area contributed by atoms with E-state index in [1.54, 1.807) is 12.4 Å². The largest absolute Gasteiger partial charge is 0.391 e. The van der Waals surface area contributed by atoms with E-state index in [0.29, 0.717) is 17.8 Å². The Bertz CT molecular complexity index is 341. The van der Waals surface area contributed by atoms with E-state index in [2.05, 4.69) is 10.3 Å². The molecule has 6 heteroatoms. The van der Waals surface area contributed by atoms with Crippen LogP contribution in [0, 0.1) is 6.92 Å². The van der Waals surface area contributed by atoms with E-state index in [1.807, 2.05) is 0 Å². The molecule has 1 amide bonds. The fourth-order valence-corrected chi connectivity index (χ4v) is 1.95. The molecule has 1 aromatic rings. The van der Waals surface area contributed by atoms with E-state index in [-0.39, 0.29) is 12.5 Å². The minimum absolute atomic E-state index is 0.135. The second-order valence-electron chi connectivity index (χ2n) is 3.42. The number of carbonyl (C=O) groups excluding carboxylic acids is 1. The number of rotatable bonds is 6. The van der Waals surface area contributed by atoms with Gasteiger partial charge in [0.1, 0.15) is 4.88 Å². The van der Waals surface area contributed by atoms with Crippen LogP contribution in [0.25, 0.3) is 0 Å². The molecule has 0 saturated heterocycles. The molecule has 2 N–H and O–H groups in total. The first-order valence-corrected chi connectivity index (χ1v) is 5.88. The third kappa shape index (κ3) is 3.88. The lowest BCUT2D eigenvalue weighted by molar-refractivity contribution is 0.0588. The maximum atomic E-state index is 11.6. The van der Waals surface area contributed by atoms with Gasteiger partial charge in [0.2, 0.25) is 0 Å². The van der Waals surface area contributed by atoms with Crippen molar-refractivity contribution in [1.29, 1.82) is 0 Å². The van der Waals surface area contributed by atoms with Gasteiger partial charge in [0, 0.05) is 13.7 Å². The van der Waals surface area contributed by atoms with E-state index in [9.17, 15) is 9.90 Å². The monoisotopic (exact) mass is 244 g/mol. The van der Waals surface area contributed by atoms with Gasteiger partial charge in [0.05, 0.1) is 23.9 Å². The maximum absolute atomic E-state index is 11.6. The van der Waals surface area contributed by atoms with Crippen LogP contribution in [0.3, 0.4) is 0 Å². The number of aliphatic hydroxyl groups excluding tert-OH is 1. The molecule has 0 radical (unpaired) electrons. The lowest BCUT2D eigenvalue weighted by Crippen LogP contribution is -2.28. The third-order valence-corrected chi connectivity index (χ3v) is 3.00. The molecule has 1 heterocycles. The molecule has 0 saturated carbocycles. The average molecular weight is 244 g/mol. The van der Waals surface area contributed by atoms with E-state index < -0.39 is 6.10 Å². The van der Waals surface area contributed by atoms with Crippen molar-refractivity contribution >= 4 is 17.2 Å². The lowest BCUT2D eigenvalue weighted by atomic mass is 10.2. The highest BCUT2D eigenvalue weighted by atomic mass is 32.1. The normalized spacial score (nSPS) is 12.4. The van der Waals surface area contributed by atoms with E-state index in [1.165, 1.54) is 18.4 Å². The van der Waals surface area contributed by atoms with Gasteiger partial charge < -0.3 is 15.2 Å². The Labute approximate surface area is 98.5 Å². The van der Waals surface area contributed by atoms with Gasteiger partial charge >= 0.3 is 0 Å². The van der Waals surface area contributed by atoms with Crippen molar-refractivity contribution < 1.29 is 14.6 Å². The van der Waals surface area contributed by atoms with Crippen LogP contribution in [0.15, 0.2) is 5.51 Å². The molecule has 0 aliphatic heterocycles. The molecule has 0 aromatic carbocycles. The van der Waals surface area contributed by atoms with Gasteiger partial charge in [0.25, 0.3) is 5.91 Å². The molecule has 1 aromatic heterocycles. The van der Waals surface area contributed by atoms with Gasteiger partial charge in [-0.15, -0.1) is 11.3 Å². The predicted molar refractivity (Wildman–Crippen MR) is 61.7 cm³/mol. The molecular weight excluding hydrogens is 228 g/mol. The first-order chi connectivity index (χ1) is 7.65. The van der Waals surface area contributed by atoms with Gasteiger partial charge in [-0.25, -0.2) is 4.98 Å². The molecule has 0 spiro atoms. The fraction of sp³-hybridized carbons (Fsp3) is 0.600. The predicted octanol–water partition coefficient (Wildman–Crippen LogP) is 0.579. The van der Waals surface area contributed by atoms with Crippen molar-refractivity contribution in [3.63, 3.8) is 0 Å². The minimum Gasteiger partial charge on any atom is -0.391 e. The summed E-state index contributed by atoms with van der Waals surface area (Å²) in [6.45, 7) is 2.52. The van der Waals surface area contributed by atoms with Gasteiger partial charge in [-0.2, -0.15) is 0 Å².